The van der Waals surface area contributed by atoms with E-state index in [9.17, 15) is 4.79 Å². The van der Waals surface area contributed by atoms with E-state index in [1.807, 2.05) is 6.92 Å². The number of carbonyl (C=O) groups excluding carboxylic acids is 1. The van der Waals surface area contributed by atoms with Gasteiger partial charge in [0.2, 0.25) is 0 Å². The van der Waals surface area contributed by atoms with E-state index in [1.54, 1.807) is 18.5 Å². The third-order valence-corrected chi connectivity index (χ3v) is 1.04. The molecule has 1 aromatic rings. The van der Waals surface area contributed by atoms with Crippen LogP contribution in [0.4, 0.5) is 4.79 Å². The summed E-state index contributed by atoms with van der Waals surface area (Å²) < 4.78 is 1.25. The molecule has 1 heterocycles. The van der Waals surface area contributed by atoms with Crippen molar-refractivity contribution in [3.05, 3.63) is 18.5 Å². The Hall–Kier alpha value is -1.32. The van der Waals surface area contributed by atoms with Gasteiger partial charge in [-0.05, 0) is 13.0 Å². The average molecular weight is 139 g/mol. The monoisotopic (exact) mass is 139 g/mol. The molecule has 0 bridgehead atoms. The van der Waals surface area contributed by atoms with Gasteiger partial charge in [0.1, 0.15) is 0 Å². The Bertz CT molecular complexity index is 205. The highest BCUT2D eigenvalue weighted by Gasteiger charge is 1.98. The van der Waals surface area contributed by atoms with Gasteiger partial charge in [-0.1, -0.05) is 0 Å². The summed E-state index contributed by atoms with van der Waals surface area (Å²) in [6.07, 6.45) is 3.17. The first kappa shape index (κ1) is 6.80. The SMILES string of the molecule is CCNC(=O)n1cccn1. The van der Waals surface area contributed by atoms with Crippen LogP contribution in [-0.4, -0.2) is 22.4 Å². The second kappa shape index (κ2) is 3.00. The summed E-state index contributed by atoms with van der Waals surface area (Å²) in [7, 11) is 0. The Morgan fingerprint density at radius 1 is 1.80 bits per heavy atom. The van der Waals surface area contributed by atoms with Crippen molar-refractivity contribution in [2.75, 3.05) is 6.54 Å². The van der Waals surface area contributed by atoms with Crippen LogP contribution in [0.1, 0.15) is 6.92 Å². The molecule has 54 valence electrons. The first-order valence-corrected chi connectivity index (χ1v) is 3.12. The van der Waals surface area contributed by atoms with Crippen LogP contribution in [0.25, 0.3) is 0 Å². The number of amides is 1. The topological polar surface area (TPSA) is 46.9 Å². The summed E-state index contributed by atoms with van der Waals surface area (Å²) in [4.78, 5) is 10.9. The van der Waals surface area contributed by atoms with Gasteiger partial charge in [-0.2, -0.15) is 9.78 Å². The van der Waals surface area contributed by atoms with E-state index in [4.69, 9.17) is 0 Å². The molecule has 0 radical (unpaired) electrons. The summed E-state index contributed by atoms with van der Waals surface area (Å²) >= 11 is 0. The van der Waals surface area contributed by atoms with E-state index in [1.165, 1.54) is 4.68 Å². The van der Waals surface area contributed by atoms with Gasteiger partial charge in [0.05, 0.1) is 0 Å². The van der Waals surface area contributed by atoms with Crippen LogP contribution in [0.2, 0.25) is 0 Å². The number of aromatic nitrogens is 2. The lowest BCUT2D eigenvalue weighted by molar-refractivity contribution is 0.240. The second-order valence-corrected chi connectivity index (χ2v) is 1.79. The number of rotatable bonds is 1. The smallest absolute Gasteiger partial charge is 0.336 e. The molecule has 4 heteroatoms. The summed E-state index contributed by atoms with van der Waals surface area (Å²) in [5.41, 5.74) is 0. The van der Waals surface area contributed by atoms with E-state index in [-0.39, 0.29) is 6.03 Å². The van der Waals surface area contributed by atoms with E-state index in [0.29, 0.717) is 6.54 Å². The van der Waals surface area contributed by atoms with Crippen LogP contribution < -0.4 is 5.32 Å². The minimum Gasteiger partial charge on any atom is -0.336 e. The summed E-state index contributed by atoms with van der Waals surface area (Å²) in [6, 6.07) is 1.52. The highest BCUT2D eigenvalue weighted by atomic mass is 16.2. The minimum atomic E-state index is -0.187. The van der Waals surface area contributed by atoms with Crippen molar-refractivity contribution in [2.45, 2.75) is 6.92 Å². The first-order valence-electron chi connectivity index (χ1n) is 3.12. The normalized spacial score (nSPS) is 9.30. The third kappa shape index (κ3) is 1.34. The van der Waals surface area contributed by atoms with Crippen molar-refractivity contribution in [1.29, 1.82) is 0 Å². The molecule has 0 saturated heterocycles. The number of hydrogen-bond acceptors (Lipinski definition) is 2. The van der Waals surface area contributed by atoms with Crippen LogP contribution in [0.3, 0.4) is 0 Å². The third-order valence-electron chi connectivity index (χ3n) is 1.04. The van der Waals surface area contributed by atoms with Gasteiger partial charge in [-0.25, -0.2) is 4.79 Å². The second-order valence-electron chi connectivity index (χ2n) is 1.79. The molecule has 0 aliphatic rings. The molecule has 1 amide bonds. The molecule has 0 aromatic carbocycles. The van der Waals surface area contributed by atoms with Crippen LogP contribution in [0, 0.1) is 0 Å². The molecular weight excluding hydrogens is 130 g/mol. The Morgan fingerprint density at radius 2 is 2.60 bits per heavy atom. The van der Waals surface area contributed by atoms with Crippen molar-refractivity contribution < 1.29 is 4.79 Å². The lowest BCUT2D eigenvalue weighted by atomic mass is 10.7. The fourth-order valence-electron chi connectivity index (χ4n) is 0.621. The van der Waals surface area contributed by atoms with Crippen molar-refractivity contribution in [2.24, 2.45) is 0 Å². The maximum atomic E-state index is 10.9. The van der Waals surface area contributed by atoms with Crippen LogP contribution >= 0.6 is 0 Å². The van der Waals surface area contributed by atoms with Gasteiger partial charge in [-0.15, -0.1) is 0 Å². The van der Waals surface area contributed by atoms with Crippen LogP contribution in [0.5, 0.6) is 0 Å². The predicted molar refractivity (Wildman–Crippen MR) is 36.7 cm³/mol. The predicted octanol–water partition coefficient (Wildman–Crippen LogP) is 0.461. The van der Waals surface area contributed by atoms with Crippen molar-refractivity contribution >= 4 is 6.03 Å². The van der Waals surface area contributed by atoms with Gasteiger partial charge < -0.3 is 5.32 Å². The molecule has 1 N–H and O–H groups in total. The molecule has 0 unspecified atom stereocenters. The minimum absolute atomic E-state index is 0.187. The van der Waals surface area contributed by atoms with Crippen LogP contribution in [-0.2, 0) is 0 Å². The van der Waals surface area contributed by atoms with Gasteiger partial charge in [0.15, 0.2) is 0 Å². The Labute approximate surface area is 58.8 Å². The first-order chi connectivity index (χ1) is 4.84. The summed E-state index contributed by atoms with van der Waals surface area (Å²) in [5, 5.41) is 6.35. The maximum Gasteiger partial charge on any atom is 0.342 e. The van der Waals surface area contributed by atoms with E-state index in [2.05, 4.69) is 10.4 Å². The standard InChI is InChI=1S/C6H9N3O/c1-2-7-6(10)9-5-3-4-8-9/h3-5H,2H2,1H3,(H,7,10). The zero-order chi connectivity index (χ0) is 7.40. The molecule has 10 heavy (non-hydrogen) atoms. The van der Waals surface area contributed by atoms with E-state index < -0.39 is 0 Å². The number of hydrogen-bond donors (Lipinski definition) is 1. The quantitative estimate of drug-likeness (QED) is 0.614. The van der Waals surface area contributed by atoms with Crippen molar-refractivity contribution in [3.8, 4) is 0 Å². The highest BCUT2D eigenvalue weighted by molar-refractivity contribution is 5.75. The van der Waals surface area contributed by atoms with Gasteiger partial charge in [0, 0.05) is 18.9 Å². The van der Waals surface area contributed by atoms with E-state index in [0.717, 1.165) is 0 Å². The zero-order valence-corrected chi connectivity index (χ0v) is 5.74. The Balaban J connectivity index is 2.59. The zero-order valence-electron chi connectivity index (χ0n) is 5.74. The lowest BCUT2D eigenvalue weighted by Gasteiger charge is -1.98. The number of nitrogens with one attached hydrogen (secondary N) is 1. The molecule has 0 fully saturated rings. The number of nitrogens with zero attached hydrogens (tertiary/aromatic N) is 2. The molecule has 0 atom stereocenters. The van der Waals surface area contributed by atoms with Gasteiger partial charge in [0.25, 0.3) is 0 Å². The fourth-order valence-corrected chi connectivity index (χ4v) is 0.621. The Kier molecular flexibility index (Phi) is 2.04. The van der Waals surface area contributed by atoms with Crippen molar-refractivity contribution in [3.63, 3.8) is 0 Å². The fraction of sp³-hybridized carbons (Fsp3) is 0.333. The molecular formula is C6H9N3O. The highest BCUT2D eigenvalue weighted by Crippen LogP contribution is 1.81. The number of carbonyl (C=O) groups is 1. The molecule has 0 spiro atoms. The summed E-state index contributed by atoms with van der Waals surface area (Å²) in [6.45, 7) is 2.49. The van der Waals surface area contributed by atoms with Crippen LogP contribution in [0.15, 0.2) is 18.5 Å². The summed E-state index contributed by atoms with van der Waals surface area (Å²) in [5.74, 6) is 0. The molecule has 0 saturated carbocycles. The molecule has 1 aromatic heterocycles. The molecule has 4 nitrogen and oxygen atoms in total. The average Bonchev–Trinajstić information content (AvgIpc) is 2.38. The van der Waals surface area contributed by atoms with Gasteiger partial charge in [-0.3, -0.25) is 0 Å². The maximum absolute atomic E-state index is 10.9. The molecule has 0 aliphatic heterocycles. The Morgan fingerprint density at radius 3 is 3.10 bits per heavy atom. The molecule has 0 aliphatic carbocycles. The lowest BCUT2D eigenvalue weighted by Crippen LogP contribution is -2.28. The molecule has 1 rings (SSSR count). The largest absolute Gasteiger partial charge is 0.342 e. The van der Waals surface area contributed by atoms with Crippen molar-refractivity contribution in [1.82, 2.24) is 15.1 Å². The van der Waals surface area contributed by atoms with E-state index >= 15 is 0 Å². The van der Waals surface area contributed by atoms with Gasteiger partial charge >= 0.3 is 6.03 Å².